The van der Waals surface area contributed by atoms with Gasteiger partial charge in [-0.05, 0) is 100 Å². The van der Waals surface area contributed by atoms with Gasteiger partial charge in [-0.1, -0.05) is 0 Å². The highest BCUT2D eigenvalue weighted by molar-refractivity contribution is 14.1. The second kappa shape index (κ2) is 9.12. The molecule has 0 unspecified atom stereocenters. The van der Waals surface area contributed by atoms with Crippen LogP contribution in [0.4, 0.5) is 4.79 Å². The lowest BCUT2D eigenvalue weighted by molar-refractivity contribution is -0.135. The van der Waals surface area contributed by atoms with Crippen LogP contribution in [0.5, 0.6) is 5.75 Å². The molecule has 1 aromatic rings. The summed E-state index contributed by atoms with van der Waals surface area (Å²) >= 11 is 5.27. The molecule has 3 amide bonds. The molecule has 1 aromatic carbocycles. The van der Waals surface area contributed by atoms with Crippen LogP contribution in [0.1, 0.15) is 25.3 Å². The highest BCUT2D eigenvalue weighted by atomic mass is 127. The molecule has 0 saturated carbocycles. The van der Waals surface area contributed by atoms with E-state index in [2.05, 4.69) is 45.2 Å². The number of rotatable bonds is 5. The summed E-state index contributed by atoms with van der Waals surface area (Å²) in [5, 5.41) is -0.394. The number of ether oxygens (including phenoxy) is 1. The van der Waals surface area contributed by atoms with Crippen molar-refractivity contribution >= 4 is 80.1 Å². The average molecular weight is 612 g/mol. The third-order valence-electron chi connectivity index (χ3n) is 4.23. The number of imide groups is 1. The van der Waals surface area contributed by atoms with Crippen molar-refractivity contribution in [2.45, 2.75) is 19.8 Å². The summed E-state index contributed by atoms with van der Waals surface area (Å²) in [7, 11) is 0. The monoisotopic (exact) mass is 612 g/mol. The highest BCUT2D eigenvalue weighted by Gasteiger charge is 2.37. The van der Waals surface area contributed by atoms with Crippen LogP contribution in [0, 0.1) is 7.14 Å². The van der Waals surface area contributed by atoms with Gasteiger partial charge in [0.15, 0.2) is 0 Å². The standard InChI is InChI=1S/C18H18I2N2O4S/c1-2-26-16-12(19)7-11(8-13(16)20)9-14-17(24)22(18(25)27-14)10-15(23)21-5-3-4-6-21/h7-9H,2-6,10H2,1H3/b14-9-. The van der Waals surface area contributed by atoms with Crippen molar-refractivity contribution in [3.05, 3.63) is 29.7 Å². The quantitative estimate of drug-likeness (QED) is 0.373. The lowest BCUT2D eigenvalue weighted by atomic mass is 10.2. The predicted octanol–water partition coefficient (Wildman–Crippen LogP) is 3.95. The fraction of sp³-hybridized carbons (Fsp3) is 0.389. The molecule has 0 radical (unpaired) electrons. The van der Waals surface area contributed by atoms with Crippen LogP contribution in [-0.2, 0) is 9.59 Å². The van der Waals surface area contributed by atoms with Crippen molar-refractivity contribution in [2.75, 3.05) is 26.2 Å². The lowest BCUT2D eigenvalue weighted by Gasteiger charge is -2.18. The summed E-state index contributed by atoms with van der Waals surface area (Å²) in [6.45, 7) is 3.73. The van der Waals surface area contributed by atoms with Crippen LogP contribution in [0.2, 0.25) is 0 Å². The van der Waals surface area contributed by atoms with Crippen molar-refractivity contribution in [1.82, 2.24) is 9.80 Å². The number of carbonyl (C=O) groups excluding carboxylic acids is 3. The number of nitrogens with zero attached hydrogens (tertiary/aromatic N) is 2. The van der Waals surface area contributed by atoms with E-state index in [4.69, 9.17) is 4.74 Å². The van der Waals surface area contributed by atoms with Gasteiger partial charge >= 0.3 is 0 Å². The molecule has 2 aliphatic heterocycles. The minimum absolute atomic E-state index is 0.166. The second-order valence-corrected chi connectivity index (χ2v) is 9.42. The van der Waals surface area contributed by atoms with Crippen LogP contribution in [0.15, 0.2) is 17.0 Å². The third-order valence-corrected chi connectivity index (χ3v) is 6.74. The van der Waals surface area contributed by atoms with Crippen molar-refractivity contribution in [1.29, 1.82) is 0 Å². The molecule has 0 aliphatic carbocycles. The molecule has 0 bridgehead atoms. The number of amides is 3. The summed E-state index contributed by atoms with van der Waals surface area (Å²) in [4.78, 5) is 40.2. The maximum absolute atomic E-state index is 12.6. The number of thioether (sulfide) groups is 1. The molecule has 2 saturated heterocycles. The van der Waals surface area contributed by atoms with Crippen molar-refractivity contribution in [2.24, 2.45) is 0 Å². The van der Waals surface area contributed by atoms with Crippen molar-refractivity contribution in [3.8, 4) is 5.75 Å². The van der Waals surface area contributed by atoms with Crippen molar-refractivity contribution < 1.29 is 19.1 Å². The molecule has 0 atom stereocenters. The molecule has 6 nitrogen and oxygen atoms in total. The number of benzene rings is 1. The zero-order valence-electron chi connectivity index (χ0n) is 14.7. The van der Waals surface area contributed by atoms with Crippen LogP contribution >= 0.6 is 56.9 Å². The molecule has 0 N–H and O–H groups in total. The van der Waals surface area contributed by atoms with Crippen LogP contribution in [0.25, 0.3) is 6.08 Å². The zero-order valence-corrected chi connectivity index (χ0v) is 19.8. The van der Waals surface area contributed by atoms with Gasteiger partial charge in [-0.3, -0.25) is 19.3 Å². The molecule has 2 heterocycles. The Morgan fingerprint density at radius 1 is 1.22 bits per heavy atom. The number of hydrogen-bond acceptors (Lipinski definition) is 5. The molecule has 3 rings (SSSR count). The summed E-state index contributed by atoms with van der Waals surface area (Å²) in [6.07, 6.45) is 3.65. The Morgan fingerprint density at radius 2 is 1.85 bits per heavy atom. The fourth-order valence-corrected chi connectivity index (χ4v) is 5.90. The molecular weight excluding hydrogens is 594 g/mol. The van der Waals surface area contributed by atoms with E-state index in [1.165, 1.54) is 0 Å². The predicted molar refractivity (Wildman–Crippen MR) is 122 cm³/mol. The maximum Gasteiger partial charge on any atom is 0.294 e. The van der Waals surface area contributed by atoms with Gasteiger partial charge < -0.3 is 9.64 Å². The maximum atomic E-state index is 12.6. The Morgan fingerprint density at radius 3 is 2.44 bits per heavy atom. The summed E-state index contributed by atoms with van der Waals surface area (Å²) in [5.41, 5.74) is 0.823. The van der Waals surface area contributed by atoms with Gasteiger partial charge in [0.05, 0.1) is 18.7 Å². The zero-order chi connectivity index (χ0) is 19.6. The molecule has 27 heavy (non-hydrogen) atoms. The van der Waals surface area contributed by atoms with Gasteiger partial charge in [-0.15, -0.1) is 0 Å². The van der Waals surface area contributed by atoms with Gasteiger partial charge in [-0.2, -0.15) is 0 Å². The second-order valence-electron chi connectivity index (χ2n) is 6.10. The molecule has 2 aliphatic rings. The first-order valence-corrected chi connectivity index (χ1v) is 11.5. The van der Waals surface area contributed by atoms with E-state index in [0.717, 1.165) is 48.0 Å². The minimum atomic E-state index is -0.406. The van der Waals surface area contributed by atoms with Gasteiger partial charge in [0.2, 0.25) is 5.91 Å². The average Bonchev–Trinajstić information content (AvgIpc) is 3.23. The van der Waals surface area contributed by atoms with Crippen LogP contribution < -0.4 is 4.74 Å². The lowest BCUT2D eigenvalue weighted by Crippen LogP contribution is -2.40. The Hall–Kier alpha value is -0.820. The topological polar surface area (TPSA) is 66.9 Å². The molecule has 0 aromatic heterocycles. The summed E-state index contributed by atoms with van der Waals surface area (Å²) < 4.78 is 7.51. The normalized spacial score (nSPS) is 18.7. The Balaban J connectivity index is 1.77. The number of likely N-dealkylation sites (tertiary alicyclic amines) is 1. The highest BCUT2D eigenvalue weighted by Crippen LogP contribution is 2.34. The number of halogens is 2. The fourth-order valence-electron chi connectivity index (χ4n) is 2.93. The van der Waals surface area contributed by atoms with Crippen LogP contribution in [0.3, 0.4) is 0 Å². The summed E-state index contributed by atoms with van der Waals surface area (Å²) in [6, 6.07) is 3.83. The first kappa shape index (κ1) is 20.9. The number of carbonyl (C=O) groups is 3. The van der Waals surface area contributed by atoms with Gasteiger partial charge in [0, 0.05) is 13.1 Å². The first-order chi connectivity index (χ1) is 12.9. The first-order valence-electron chi connectivity index (χ1n) is 8.55. The van der Waals surface area contributed by atoms with E-state index < -0.39 is 11.1 Å². The Labute approximate surface area is 189 Å². The van der Waals surface area contributed by atoms with E-state index in [9.17, 15) is 14.4 Å². The molecule has 9 heteroatoms. The molecule has 0 spiro atoms. The minimum Gasteiger partial charge on any atom is -0.492 e. The van der Waals surface area contributed by atoms with Gasteiger partial charge in [0.25, 0.3) is 11.1 Å². The van der Waals surface area contributed by atoms with Crippen LogP contribution in [-0.4, -0.2) is 53.1 Å². The molecular formula is C18H18I2N2O4S. The third kappa shape index (κ3) is 4.78. The number of hydrogen-bond donors (Lipinski definition) is 0. The largest absolute Gasteiger partial charge is 0.492 e. The van der Waals surface area contributed by atoms with E-state index in [-0.39, 0.29) is 12.5 Å². The van der Waals surface area contributed by atoms with E-state index >= 15 is 0 Å². The van der Waals surface area contributed by atoms with Gasteiger partial charge in [-0.25, -0.2) is 0 Å². The van der Waals surface area contributed by atoms with E-state index in [1.807, 2.05) is 19.1 Å². The van der Waals surface area contributed by atoms with E-state index in [1.54, 1.807) is 11.0 Å². The van der Waals surface area contributed by atoms with Crippen molar-refractivity contribution in [3.63, 3.8) is 0 Å². The smallest absolute Gasteiger partial charge is 0.294 e. The van der Waals surface area contributed by atoms with E-state index in [0.29, 0.717) is 24.6 Å². The molecule has 144 valence electrons. The Bertz CT molecular complexity index is 799. The Kier molecular flexibility index (Phi) is 7.06. The summed E-state index contributed by atoms with van der Waals surface area (Å²) in [5.74, 6) is 0.248. The SMILES string of the molecule is CCOc1c(I)cc(/C=C2\SC(=O)N(CC(=O)N3CCCC3)C2=O)cc1I. The van der Waals surface area contributed by atoms with Gasteiger partial charge in [0.1, 0.15) is 12.3 Å². The molecule has 2 fully saturated rings.